The normalized spacial score (nSPS) is 13.9. The largest absolute Gasteiger partial charge is 0.480 e. The molecule has 1 aromatic rings. The Morgan fingerprint density at radius 2 is 1.83 bits per heavy atom. The van der Waals surface area contributed by atoms with Crippen molar-refractivity contribution in [2.45, 2.75) is 18.9 Å². The van der Waals surface area contributed by atoms with Gasteiger partial charge in [0.2, 0.25) is 5.91 Å². The lowest BCUT2D eigenvalue weighted by atomic mass is 9.92. The number of primary amides is 1. The summed E-state index contributed by atoms with van der Waals surface area (Å²) in [6.45, 7) is 0. The minimum atomic E-state index is -1.12. The maximum Gasteiger partial charge on any atom is 0.320 e. The Hall–Kier alpha value is -1.15. The summed E-state index contributed by atoms with van der Waals surface area (Å²) in [6, 6.07) is 6.57. The van der Waals surface area contributed by atoms with E-state index in [-0.39, 0.29) is 6.42 Å². The monoisotopic (exact) mass is 362 g/mol. The lowest BCUT2D eigenvalue weighted by molar-refractivity contribution is -0.139. The van der Waals surface area contributed by atoms with Crippen LogP contribution in [-0.2, 0) is 16.0 Å². The molecule has 6 heteroatoms. The summed E-state index contributed by atoms with van der Waals surface area (Å²) in [6.07, 6.45) is 0.462. The Labute approximate surface area is 119 Å². The van der Waals surface area contributed by atoms with Crippen LogP contribution < -0.4 is 11.5 Å². The first-order valence-electron chi connectivity index (χ1n) is 5.42. The van der Waals surface area contributed by atoms with E-state index in [0.29, 0.717) is 6.42 Å². The number of halogens is 1. The van der Waals surface area contributed by atoms with Gasteiger partial charge in [-0.15, -0.1) is 0 Å². The number of rotatable bonds is 6. The van der Waals surface area contributed by atoms with Crippen LogP contribution in [0.4, 0.5) is 0 Å². The quantitative estimate of drug-likeness (QED) is 0.649. The number of nitrogens with two attached hydrogens (primary N) is 2. The molecule has 5 nitrogen and oxygen atoms in total. The van der Waals surface area contributed by atoms with E-state index in [1.807, 2.05) is 24.3 Å². The number of carbonyl (C=O) groups excluding carboxylic acids is 1. The molecule has 0 saturated carbocycles. The van der Waals surface area contributed by atoms with Gasteiger partial charge >= 0.3 is 5.97 Å². The molecule has 0 spiro atoms. The second-order valence-electron chi connectivity index (χ2n) is 4.11. The number of hydrogen-bond donors (Lipinski definition) is 3. The molecule has 0 bridgehead atoms. The summed E-state index contributed by atoms with van der Waals surface area (Å²) in [4.78, 5) is 22.0. The van der Waals surface area contributed by atoms with E-state index >= 15 is 0 Å². The first-order valence-corrected chi connectivity index (χ1v) is 6.50. The van der Waals surface area contributed by atoms with Crippen LogP contribution in [0.3, 0.4) is 0 Å². The number of carboxylic acid groups (broad SMARTS) is 1. The van der Waals surface area contributed by atoms with Gasteiger partial charge in [-0.05, 0) is 53.1 Å². The maximum atomic E-state index is 11.3. The van der Waals surface area contributed by atoms with E-state index in [4.69, 9.17) is 16.6 Å². The molecule has 0 heterocycles. The minimum absolute atomic E-state index is 0.0522. The summed E-state index contributed by atoms with van der Waals surface area (Å²) in [5.41, 5.74) is 11.6. The highest BCUT2D eigenvalue weighted by molar-refractivity contribution is 14.1. The summed E-state index contributed by atoms with van der Waals surface area (Å²) in [5, 5.41) is 8.74. The molecule has 98 valence electrons. The van der Waals surface area contributed by atoms with Gasteiger partial charge in [0, 0.05) is 9.49 Å². The molecule has 0 aliphatic heterocycles. The fraction of sp³-hybridized carbons (Fsp3) is 0.333. The van der Waals surface area contributed by atoms with Crippen molar-refractivity contribution in [2.24, 2.45) is 17.4 Å². The predicted octanol–water partition coefficient (Wildman–Crippen LogP) is 0.737. The second kappa shape index (κ2) is 6.69. The number of hydrogen-bond acceptors (Lipinski definition) is 3. The number of benzene rings is 1. The Bertz CT molecular complexity index is 433. The van der Waals surface area contributed by atoms with Crippen LogP contribution in [0.25, 0.3) is 0 Å². The molecule has 5 N–H and O–H groups in total. The average Bonchev–Trinajstić information content (AvgIpc) is 2.30. The minimum Gasteiger partial charge on any atom is -0.480 e. The van der Waals surface area contributed by atoms with E-state index in [1.54, 1.807) is 0 Å². The van der Waals surface area contributed by atoms with E-state index in [2.05, 4.69) is 22.6 Å². The fourth-order valence-electron chi connectivity index (χ4n) is 1.61. The van der Waals surface area contributed by atoms with Crippen molar-refractivity contribution >= 4 is 34.5 Å². The third-order valence-corrected chi connectivity index (χ3v) is 3.37. The SMILES string of the molecule is NC(=O)[C@@H](Cc1ccc(I)cc1)C[C@H](N)C(=O)O. The van der Waals surface area contributed by atoms with E-state index in [1.165, 1.54) is 0 Å². The van der Waals surface area contributed by atoms with Crippen molar-refractivity contribution in [3.05, 3.63) is 33.4 Å². The van der Waals surface area contributed by atoms with Crippen molar-refractivity contribution in [3.8, 4) is 0 Å². The molecule has 1 amide bonds. The second-order valence-corrected chi connectivity index (χ2v) is 5.36. The first-order chi connectivity index (χ1) is 8.40. The van der Waals surface area contributed by atoms with Crippen molar-refractivity contribution in [3.63, 3.8) is 0 Å². The molecule has 1 aromatic carbocycles. The van der Waals surface area contributed by atoms with E-state index in [9.17, 15) is 9.59 Å². The van der Waals surface area contributed by atoms with Crippen molar-refractivity contribution in [1.82, 2.24) is 0 Å². The summed E-state index contributed by atoms with van der Waals surface area (Å²) < 4.78 is 1.09. The highest BCUT2D eigenvalue weighted by atomic mass is 127. The molecule has 0 aliphatic carbocycles. The van der Waals surface area contributed by atoms with Crippen LogP contribution in [0.15, 0.2) is 24.3 Å². The number of aliphatic carboxylic acids is 1. The molecule has 1 rings (SSSR count). The Kier molecular flexibility index (Phi) is 5.54. The molecule has 0 fully saturated rings. The van der Waals surface area contributed by atoms with Crippen LogP contribution in [-0.4, -0.2) is 23.0 Å². The van der Waals surface area contributed by atoms with E-state index < -0.39 is 23.8 Å². The number of carboxylic acids is 1. The first kappa shape index (κ1) is 14.9. The van der Waals surface area contributed by atoms with Crippen LogP contribution in [0.2, 0.25) is 0 Å². The summed E-state index contributed by atoms with van der Waals surface area (Å²) >= 11 is 2.18. The van der Waals surface area contributed by atoms with Gasteiger partial charge in [-0.25, -0.2) is 0 Å². The zero-order valence-corrected chi connectivity index (χ0v) is 11.8. The van der Waals surface area contributed by atoms with Gasteiger partial charge in [0.15, 0.2) is 0 Å². The molecule has 0 saturated heterocycles. The van der Waals surface area contributed by atoms with Crippen LogP contribution in [0.1, 0.15) is 12.0 Å². The molecule has 0 unspecified atom stereocenters. The van der Waals surface area contributed by atoms with Gasteiger partial charge < -0.3 is 16.6 Å². The standard InChI is InChI=1S/C12H15IN2O3/c13-9-3-1-7(2-4-9)5-8(11(15)16)6-10(14)12(17)18/h1-4,8,10H,5-6,14H2,(H2,15,16)(H,17,18)/t8-,10-/m0/s1. The molecular weight excluding hydrogens is 347 g/mol. The molecule has 2 atom stereocenters. The van der Waals surface area contributed by atoms with Crippen molar-refractivity contribution in [1.29, 1.82) is 0 Å². The van der Waals surface area contributed by atoms with Gasteiger partial charge in [-0.3, -0.25) is 9.59 Å². The Balaban J connectivity index is 2.71. The topological polar surface area (TPSA) is 106 Å². The third-order valence-electron chi connectivity index (χ3n) is 2.65. The van der Waals surface area contributed by atoms with Gasteiger partial charge in [-0.1, -0.05) is 12.1 Å². The average molecular weight is 362 g/mol. The summed E-state index contributed by atoms with van der Waals surface area (Å²) in [5.74, 6) is -2.20. The van der Waals surface area contributed by atoms with Gasteiger partial charge in [0.25, 0.3) is 0 Å². The van der Waals surface area contributed by atoms with Gasteiger partial charge in [0.05, 0.1) is 0 Å². The van der Waals surface area contributed by atoms with Crippen molar-refractivity contribution < 1.29 is 14.7 Å². The van der Waals surface area contributed by atoms with Gasteiger partial charge in [0.1, 0.15) is 6.04 Å². The lowest BCUT2D eigenvalue weighted by Crippen LogP contribution is -2.37. The molecule has 0 aliphatic rings. The molecular formula is C12H15IN2O3. The zero-order chi connectivity index (χ0) is 13.7. The van der Waals surface area contributed by atoms with Crippen LogP contribution in [0.5, 0.6) is 0 Å². The molecule has 18 heavy (non-hydrogen) atoms. The Morgan fingerprint density at radius 3 is 2.28 bits per heavy atom. The fourth-order valence-corrected chi connectivity index (χ4v) is 1.97. The predicted molar refractivity (Wildman–Crippen MR) is 75.8 cm³/mol. The molecule has 0 radical (unpaired) electrons. The highest BCUT2D eigenvalue weighted by Gasteiger charge is 2.23. The maximum absolute atomic E-state index is 11.3. The zero-order valence-electron chi connectivity index (χ0n) is 9.67. The van der Waals surface area contributed by atoms with Crippen LogP contribution in [0, 0.1) is 9.49 Å². The summed E-state index contributed by atoms with van der Waals surface area (Å²) in [7, 11) is 0. The third kappa shape index (κ3) is 4.61. The Morgan fingerprint density at radius 1 is 1.28 bits per heavy atom. The smallest absolute Gasteiger partial charge is 0.320 e. The van der Waals surface area contributed by atoms with Crippen LogP contribution >= 0.6 is 22.6 Å². The van der Waals surface area contributed by atoms with Gasteiger partial charge in [-0.2, -0.15) is 0 Å². The number of carbonyl (C=O) groups is 2. The number of amides is 1. The van der Waals surface area contributed by atoms with Crippen molar-refractivity contribution in [2.75, 3.05) is 0 Å². The lowest BCUT2D eigenvalue weighted by Gasteiger charge is -2.15. The highest BCUT2D eigenvalue weighted by Crippen LogP contribution is 2.15. The molecule has 0 aromatic heterocycles. The van der Waals surface area contributed by atoms with E-state index in [0.717, 1.165) is 9.13 Å².